The molecular weight excluding hydrogens is 326 g/mol. The third-order valence-corrected chi connectivity index (χ3v) is 5.09. The zero-order valence-corrected chi connectivity index (χ0v) is 14.9. The van der Waals surface area contributed by atoms with Crippen molar-refractivity contribution < 1.29 is 9.52 Å². The van der Waals surface area contributed by atoms with Crippen LogP contribution in [0.4, 0.5) is 0 Å². The van der Waals surface area contributed by atoms with Crippen LogP contribution in [-0.2, 0) is 13.0 Å². The number of phenols is 1. The summed E-state index contributed by atoms with van der Waals surface area (Å²) >= 11 is 0. The zero-order chi connectivity index (χ0) is 17.9. The van der Waals surface area contributed by atoms with E-state index in [-0.39, 0.29) is 0 Å². The quantitative estimate of drug-likeness (QED) is 0.754. The van der Waals surface area contributed by atoms with E-state index in [1.165, 1.54) is 16.7 Å². The van der Waals surface area contributed by atoms with Gasteiger partial charge in [-0.3, -0.25) is 4.90 Å². The van der Waals surface area contributed by atoms with Crippen molar-refractivity contribution in [3.63, 3.8) is 0 Å². The summed E-state index contributed by atoms with van der Waals surface area (Å²) in [6.07, 6.45) is 2.92. The van der Waals surface area contributed by atoms with E-state index in [0.717, 1.165) is 19.4 Å². The lowest BCUT2D eigenvalue weighted by molar-refractivity contribution is 0.221. The molecule has 2 aromatic carbocycles. The van der Waals surface area contributed by atoms with E-state index in [0.29, 0.717) is 36.5 Å². The third-order valence-electron chi connectivity index (χ3n) is 5.09. The number of benzene rings is 2. The fourth-order valence-corrected chi connectivity index (χ4v) is 3.66. The summed E-state index contributed by atoms with van der Waals surface area (Å²) in [6.45, 7) is 3.77. The van der Waals surface area contributed by atoms with Gasteiger partial charge in [-0.2, -0.15) is 0 Å². The van der Waals surface area contributed by atoms with Crippen LogP contribution in [0.1, 0.15) is 47.4 Å². The average molecular weight is 349 g/mol. The summed E-state index contributed by atoms with van der Waals surface area (Å²) in [5, 5.41) is 18.0. The normalized spacial score (nSPS) is 17.7. The minimum atomic E-state index is 0.302. The lowest BCUT2D eigenvalue weighted by Gasteiger charge is -2.23. The number of rotatable bonds is 5. The molecule has 0 spiro atoms. The summed E-state index contributed by atoms with van der Waals surface area (Å²) in [5.41, 5.74) is 3.67. The smallest absolute Gasteiger partial charge is 0.230 e. The number of nitrogens with zero attached hydrogens (tertiary/aromatic N) is 3. The molecule has 3 aromatic rings. The number of hydrogen-bond acceptors (Lipinski definition) is 5. The van der Waals surface area contributed by atoms with Crippen LogP contribution >= 0.6 is 0 Å². The first-order valence-electron chi connectivity index (χ1n) is 9.08. The van der Waals surface area contributed by atoms with Gasteiger partial charge >= 0.3 is 0 Å². The molecule has 1 N–H and O–H groups in total. The van der Waals surface area contributed by atoms with Gasteiger partial charge in [-0.15, -0.1) is 10.2 Å². The summed E-state index contributed by atoms with van der Waals surface area (Å²) in [6, 6.07) is 16.1. The molecule has 0 bridgehead atoms. The Morgan fingerprint density at radius 3 is 2.65 bits per heavy atom. The lowest BCUT2D eigenvalue weighted by Crippen LogP contribution is -2.22. The molecule has 1 aliphatic rings. The van der Waals surface area contributed by atoms with Crippen molar-refractivity contribution in [3.8, 4) is 5.75 Å². The lowest BCUT2D eigenvalue weighted by atomic mass is 10.0. The van der Waals surface area contributed by atoms with Crippen LogP contribution in [0.15, 0.2) is 52.9 Å². The number of aromatic nitrogens is 2. The molecule has 0 radical (unpaired) electrons. The predicted molar refractivity (Wildman–Crippen MR) is 98.8 cm³/mol. The molecule has 0 unspecified atom stereocenters. The zero-order valence-electron chi connectivity index (χ0n) is 14.9. The Morgan fingerprint density at radius 2 is 1.85 bits per heavy atom. The van der Waals surface area contributed by atoms with Gasteiger partial charge in [0.05, 0.1) is 13.0 Å². The van der Waals surface area contributed by atoms with Crippen LogP contribution in [-0.4, -0.2) is 26.7 Å². The molecule has 0 aliphatic carbocycles. The fraction of sp³-hybridized carbons (Fsp3) is 0.333. The first-order chi connectivity index (χ1) is 12.7. The van der Waals surface area contributed by atoms with E-state index in [9.17, 15) is 5.11 Å². The van der Waals surface area contributed by atoms with Crippen LogP contribution in [0.3, 0.4) is 0 Å². The number of likely N-dealkylation sites (tertiary alicyclic amines) is 1. The number of aryl methyl sites for hydroxylation is 1. The fourth-order valence-electron chi connectivity index (χ4n) is 3.66. The van der Waals surface area contributed by atoms with Gasteiger partial charge in [-0.1, -0.05) is 36.4 Å². The van der Waals surface area contributed by atoms with Gasteiger partial charge in [0, 0.05) is 6.04 Å². The molecule has 134 valence electrons. The highest BCUT2D eigenvalue weighted by Crippen LogP contribution is 2.33. The standard InChI is InChI=1S/C21H23N3O2/c1-15-5-2-3-6-17(15)13-20-22-23-21(26-20)14-24-12-4-7-19(24)16-8-10-18(25)11-9-16/h2-3,5-6,8-11,19,25H,4,7,12-14H2,1H3/t19-/m1/s1. The van der Waals surface area contributed by atoms with Gasteiger partial charge in [0.25, 0.3) is 0 Å². The number of hydrogen-bond donors (Lipinski definition) is 1. The Balaban J connectivity index is 1.45. The van der Waals surface area contributed by atoms with Crippen LogP contribution in [0.5, 0.6) is 5.75 Å². The SMILES string of the molecule is Cc1ccccc1Cc1nnc(CN2CCC[C@@H]2c2ccc(O)cc2)o1. The molecule has 0 amide bonds. The third kappa shape index (κ3) is 3.63. The maximum atomic E-state index is 9.50. The van der Waals surface area contributed by atoms with Crippen molar-refractivity contribution in [3.05, 3.63) is 77.0 Å². The second-order valence-corrected chi connectivity index (χ2v) is 6.91. The highest BCUT2D eigenvalue weighted by molar-refractivity contribution is 5.29. The topological polar surface area (TPSA) is 62.4 Å². The van der Waals surface area contributed by atoms with Crippen molar-refractivity contribution in [2.24, 2.45) is 0 Å². The summed E-state index contributed by atoms with van der Waals surface area (Å²) < 4.78 is 5.90. The van der Waals surface area contributed by atoms with Gasteiger partial charge in [0.1, 0.15) is 5.75 Å². The van der Waals surface area contributed by atoms with Crippen molar-refractivity contribution in [2.75, 3.05) is 6.54 Å². The van der Waals surface area contributed by atoms with Gasteiger partial charge in [0.2, 0.25) is 11.8 Å². The Labute approximate surface area is 153 Å². The predicted octanol–water partition coefficient (Wildman–Crippen LogP) is 4.01. The van der Waals surface area contributed by atoms with E-state index in [4.69, 9.17) is 4.42 Å². The minimum absolute atomic E-state index is 0.302. The van der Waals surface area contributed by atoms with Gasteiger partial charge in [-0.05, 0) is 55.1 Å². The Hall–Kier alpha value is -2.66. The summed E-state index contributed by atoms with van der Waals surface area (Å²) in [5.74, 6) is 1.63. The Bertz CT molecular complexity index is 873. The molecule has 1 atom stereocenters. The number of phenolic OH excluding ortho intramolecular Hbond substituents is 1. The molecule has 0 saturated carbocycles. The molecule has 26 heavy (non-hydrogen) atoms. The van der Waals surface area contributed by atoms with Gasteiger partial charge in [-0.25, -0.2) is 0 Å². The van der Waals surface area contributed by atoms with Gasteiger partial charge in [0.15, 0.2) is 0 Å². The van der Waals surface area contributed by atoms with Crippen LogP contribution in [0, 0.1) is 6.92 Å². The molecule has 4 rings (SSSR count). The summed E-state index contributed by atoms with van der Waals surface area (Å²) in [4.78, 5) is 2.37. The molecular formula is C21H23N3O2. The van der Waals surface area contributed by atoms with E-state index < -0.39 is 0 Å². The highest BCUT2D eigenvalue weighted by atomic mass is 16.4. The average Bonchev–Trinajstić information content (AvgIpc) is 3.28. The molecule has 1 saturated heterocycles. The molecule has 5 nitrogen and oxygen atoms in total. The molecule has 1 aliphatic heterocycles. The summed E-state index contributed by atoms with van der Waals surface area (Å²) in [7, 11) is 0. The number of aromatic hydroxyl groups is 1. The molecule has 1 fully saturated rings. The highest BCUT2D eigenvalue weighted by Gasteiger charge is 2.27. The van der Waals surface area contributed by atoms with E-state index in [1.807, 2.05) is 24.3 Å². The van der Waals surface area contributed by atoms with E-state index in [2.05, 4.69) is 34.2 Å². The van der Waals surface area contributed by atoms with Crippen molar-refractivity contribution in [1.82, 2.24) is 15.1 Å². The van der Waals surface area contributed by atoms with Crippen molar-refractivity contribution in [2.45, 2.75) is 38.8 Å². The van der Waals surface area contributed by atoms with Crippen LogP contribution in [0.2, 0.25) is 0 Å². The first kappa shape index (κ1) is 16.8. The molecule has 5 heteroatoms. The van der Waals surface area contributed by atoms with Crippen LogP contribution in [0.25, 0.3) is 0 Å². The van der Waals surface area contributed by atoms with Crippen LogP contribution < -0.4 is 0 Å². The second-order valence-electron chi connectivity index (χ2n) is 6.91. The monoisotopic (exact) mass is 349 g/mol. The maximum Gasteiger partial charge on any atom is 0.230 e. The minimum Gasteiger partial charge on any atom is -0.508 e. The Morgan fingerprint density at radius 1 is 1.08 bits per heavy atom. The van der Waals surface area contributed by atoms with E-state index in [1.54, 1.807) is 12.1 Å². The first-order valence-corrected chi connectivity index (χ1v) is 9.08. The molecule has 2 heterocycles. The van der Waals surface area contributed by atoms with E-state index >= 15 is 0 Å². The largest absolute Gasteiger partial charge is 0.508 e. The van der Waals surface area contributed by atoms with Crippen molar-refractivity contribution in [1.29, 1.82) is 0 Å². The molecule has 1 aromatic heterocycles. The maximum absolute atomic E-state index is 9.50. The Kier molecular flexibility index (Phi) is 4.71. The van der Waals surface area contributed by atoms with Crippen molar-refractivity contribution >= 4 is 0 Å². The second kappa shape index (κ2) is 7.30. The van der Waals surface area contributed by atoms with Gasteiger partial charge < -0.3 is 9.52 Å².